The smallest absolute Gasteiger partial charge is 0.302 e. The molecular weight excluding hydrogens is 409 g/mol. The van der Waals surface area contributed by atoms with Crippen molar-refractivity contribution in [3.8, 4) is 11.4 Å². The Morgan fingerprint density at radius 2 is 2.12 bits per heavy atom. The number of rotatable bonds is 4. The van der Waals surface area contributed by atoms with Crippen LogP contribution in [0.1, 0.15) is 59.7 Å². The number of aromatic nitrogens is 2. The predicted octanol–water partition coefficient (Wildman–Crippen LogP) is 3.70. The van der Waals surface area contributed by atoms with E-state index in [4.69, 9.17) is 9.72 Å². The number of fused-ring (bicyclic) bond motifs is 4. The minimum atomic E-state index is -0.417. The second-order valence-electron chi connectivity index (χ2n) is 8.65. The minimum absolute atomic E-state index is 0.0378. The van der Waals surface area contributed by atoms with Crippen molar-refractivity contribution in [2.45, 2.75) is 59.2 Å². The van der Waals surface area contributed by atoms with E-state index in [9.17, 15) is 14.0 Å². The first-order valence-electron chi connectivity index (χ1n) is 11.1. The van der Waals surface area contributed by atoms with Crippen molar-refractivity contribution in [3.63, 3.8) is 0 Å². The van der Waals surface area contributed by atoms with Crippen molar-refractivity contribution in [1.29, 1.82) is 0 Å². The first kappa shape index (κ1) is 20.8. The summed E-state index contributed by atoms with van der Waals surface area (Å²) in [6.07, 6.45) is 2.29. The van der Waals surface area contributed by atoms with Gasteiger partial charge in [-0.05, 0) is 61.6 Å². The van der Waals surface area contributed by atoms with E-state index < -0.39 is 5.97 Å². The number of ether oxygens (including phenoxy) is 1. The molecule has 0 spiro atoms. The van der Waals surface area contributed by atoms with Crippen LogP contribution in [0.3, 0.4) is 0 Å². The fourth-order valence-electron chi connectivity index (χ4n) is 5.33. The molecule has 1 aromatic carbocycles. The molecule has 0 saturated carbocycles. The maximum absolute atomic E-state index is 14.7. The van der Waals surface area contributed by atoms with Crippen molar-refractivity contribution >= 4 is 16.9 Å². The van der Waals surface area contributed by atoms with Crippen molar-refractivity contribution in [2.75, 3.05) is 7.05 Å². The summed E-state index contributed by atoms with van der Waals surface area (Å²) in [7, 11) is 1.94. The molecule has 0 radical (unpaired) electrons. The number of esters is 1. The average Bonchev–Trinajstić information content (AvgIpc) is 3.14. The molecule has 1 aliphatic heterocycles. The van der Waals surface area contributed by atoms with Gasteiger partial charge < -0.3 is 14.6 Å². The van der Waals surface area contributed by atoms with Crippen molar-refractivity contribution < 1.29 is 13.9 Å². The molecule has 3 heterocycles. The van der Waals surface area contributed by atoms with Crippen molar-refractivity contribution in [1.82, 2.24) is 14.9 Å². The van der Waals surface area contributed by atoms with Gasteiger partial charge in [0.15, 0.2) is 0 Å². The molecule has 0 bridgehead atoms. The molecule has 1 atom stereocenters. The summed E-state index contributed by atoms with van der Waals surface area (Å²) in [6.45, 7) is 5.51. The number of hydrogen-bond donors (Lipinski definition) is 1. The molecule has 0 amide bonds. The van der Waals surface area contributed by atoms with Crippen LogP contribution in [0.5, 0.6) is 0 Å². The normalized spacial score (nSPS) is 16.2. The van der Waals surface area contributed by atoms with Crippen LogP contribution < -0.4 is 10.9 Å². The maximum Gasteiger partial charge on any atom is 0.302 e. The third-order valence-corrected chi connectivity index (χ3v) is 6.98. The van der Waals surface area contributed by atoms with E-state index in [1.807, 2.05) is 27.0 Å². The highest BCUT2D eigenvalue weighted by atomic mass is 19.1. The molecule has 166 valence electrons. The third kappa shape index (κ3) is 2.91. The molecule has 0 saturated heterocycles. The molecular formula is C25H26FN3O3. The molecule has 1 aliphatic carbocycles. The number of nitrogens with zero attached hydrogens (tertiary/aromatic N) is 2. The van der Waals surface area contributed by atoms with Gasteiger partial charge in [0.25, 0.3) is 5.56 Å². The zero-order chi connectivity index (χ0) is 22.7. The number of halogens is 1. The van der Waals surface area contributed by atoms with Gasteiger partial charge in [-0.2, -0.15) is 0 Å². The Labute approximate surface area is 185 Å². The molecule has 0 fully saturated rings. The quantitative estimate of drug-likeness (QED) is 0.495. The largest absolute Gasteiger partial charge is 0.461 e. The minimum Gasteiger partial charge on any atom is -0.461 e. The lowest BCUT2D eigenvalue weighted by Crippen LogP contribution is -2.26. The first-order chi connectivity index (χ1) is 15.3. The number of pyridine rings is 2. The van der Waals surface area contributed by atoms with E-state index in [-0.39, 0.29) is 24.0 Å². The Morgan fingerprint density at radius 1 is 1.34 bits per heavy atom. The Kier molecular flexibility index (Phi) is 4.89. The Hall–Kier alpha value is -3.06. The summed E-state index contributed by atoms with van der Waals surface area (Å²) < 4.78 is 21.6. The van der Waals surface area contributed by atoms with Gasteiger partial charge in [0.1, 0.15) is 12.4 Å². The monoisotopic (exact) mass is 435 g/mol. The Morgan fingerprint density at radius 3 is 2.81 bits per heavy atom. The van der Waals surface area contributed by atoms with E-state index in [2.05, 4.69) is 5.32 Å². The summed E-state index contributed by atoms with van der Waals surface area (Å²) in [5, 5.41) is 4.43. The van der Waals surface area contributed by atoms with Crippen LogP contribution in [0.4, 0.5) is 4.39 Å². The van der Waals surface area contributed by atoms with Gasteiger partial charge in [-0.3, -0.25) is 9.59 Å². The van der Waals surface area contributed by atoms with Crippen LogP contribution in [0.2, 0.25) is 0 Å². The van der Waals surface area contributed by atoms with Crippen LogP contribution in [-0.4, -0.2) is 22.6 Å². The predicted molar refractivity (Wildman–Crippen MR) is 120 cm³/mol. The molecule has 32 heavy (non-hydrogen) atoms. The number of nitrogens with one attached hydrogen (secondary N) is 1. The number of benzene rings is 1. The molecule has 5 rings (SSSR count). The number of hydrogen-bond acceptors (Lipinski definition) is 5. The number of aryl methyl sites for hydroxylation is 2. The van der Waals surface area contributed by atoms with Crippen molar-refractivity contribution in [2.24, 2.45) is 0 Å². The van der Waals surface area contributed by atoms with Gasteiger partial charge in [0.2, 0.25) is 0 Å². The lowest BCUT2D eigenvalue weighted by molar-refractivity contribution is -0.142. The summed E-state index contributed by atoms with van der Waals surface area (Å²) in [5.41, 5.74) is 7.16. The zero-order valence-corrected chi connectivity index (χ0v) is 18.8. The Bertz CT molecular complexity index is 1360. The van der Waals surface area contributed by atoms with Crippen molar-refractivity contribution in [3.05, 3.63) is 61.7 Å². The highest BCUT2D eigenvalue weighted by Gasteiger charge is 2.33. The maximum atomic E-state index is 14.7. The summed E-state index contributed by atoms with van der Waals surface area (Å²) in [5.74, 6) is -0.658. The van der Waals surface area contributed by atoms with Crippen LogP contribution >= 0.6 is 0 Å². The summed E-state index contributed by atoms with van der Waals surface area (Å²) in [4.78, 5) is 29.6. The van der Waals surface area contributed by atoms with E-state index in [0.717, 1.165) is 51.9 Å². The molecule has 2 aliphatic rings. The van der Waals surface area contributed by atoms with Crippen LogP contribution in [0.25, 0.3) is 22.3 Å². The first-order valence-corrected chi connectivity index (χ1v) is 11.1. The molecule has 1 N–H and O–H groups in total. The van der Waals surface area contributed by atoms with Gasteiger partial charge in [-0.25, -0.2) is 9.37 Å². The van der Waals surface area contributed by atoms with Crippen LogP contribution in [-0.2, 0) is 35.5 Å². The average molecular weight is 435 g/mol. The zero-order valence-electron chi connectivity index (χ0n) is 18.8. The topological polar surface area (TPSA) is 73.2 Å². The summed E-state index contributed by atoms with van der Waals surface area (Å²) in [6, 6.07) is 3.61. The third-order valence-electron chi connectivity index (χ3n) is 6.98. The van der Waals surface area contributed by atoms with Gasteiger partial charge in [-0.15, -0.1) is 0 Å². The highest BCUT2D eigenvalue weighted by Crippen LogP contribution is 2.44. The molecule has 7 heteroatoms. The van der Waals surface area contributed by atoms with Gasteiger partial charge in [-0.1, -0.05) is 6.92 Å². The lowest BCUT2D eigenvalue weighted by atomic mass is 9.82. The SMILES string of the molecule is CCc1cc2n(c(=O)c1COC(C)=O)Cc1c-2nc2cc(F)c(C)c3c2c1C(NC)CC3. The summed E-state index contributed by atoms with van der Waals surface area (Å²) >= 11 is 0. The fraction of sp³-hybridized carbons (Fsp3) is 0.400. The van der Waals surface area contributed by atoms with Gasteiger partial charge >= 0.3 is 5.97 Å². The number of carbonyl (C=O) groups is 1. The van der Waals surface area contributed by atoms with Crippen LogP contribution in [0.15, 0.2) is 16.9 Å². The molecule has 3 aromatic rings. The molecule has 6 nitrogen and oxygen atoms in total. The molecule has 2 aromatic heterocycles. The van der Waals surface area contributed by atoms with E-state index in [1.165, 1.54) is 13.0 Å². The van der Waals surface area contributed by atoms with E-state index in [0.29, 0.717) is 29.6 Å². The Balaban J connectivity index is 1.79. The van der Waals surface area contributed by atoms with E-state index >= 15 is 0 Å². The molecule has 1 unspecified atom stereocenters. The van der Waals surface area contributed by atoms with Gasteiger partial charge in [0, 0.05) is 30.0 Å². The lowest BCUT2D eigenvalue weighted by Gasteiger charge is -2.28. The number of carbonyl (C=O) groups excluding carboxylic acids is 1. The second kappa shape index (κ2) is 7.52. The standard InChI is InChI=1S/C25H26FN3O3/c1-5-14-8-21-24-16(10-29(21)25(31)17(14)11-32-13(3)30)23-19(27-4)7-6-15-12(2)18(26)9-20(28-24)22(15)23/h8-9,19,27H,5-7,10-11H2,1-4H3. The highest BCUT2D eigenvalue weighted by molar-refractivity contribution is 5.92. The fourth-order valence-corrected chi connectivity index (χ4v) is 5.33. The van der Waals surface area contributed by atoms with E-state index in [1.54, 1.807) is 4.57 Å². The van der Waals surface area contributed by atoms with Gasteiger partial charge in [0.05, 0.1) is 29.0 Å². The second-order valence-corrected chi connectivity index (χ2v) is 8.65. The van der Waals surface area contributed by atoms with Crippen LogP contribution in [0, 0.1) is 12.7 Å².